The molecular formula is C19H17NO5S. The van der Waals surface area contributed by atoms with Crippen LogP contribution in [0.1, 0.15) is 17.0 Å². The van der Waals surface area contributed by atoms with Gasteiger partial charge in [-0.25, -0.2) is 8.42 Å². The van der Waals surface area contributed by atoms with Crippen LogP contribution in [0.15, 0.2) is 47.4 Å². The normalized spacial score (nSPS) is 26.3. The summed E-state index contributed by atoms with van der Waals surface area (Å²) in [4.78, 5) is 0.157. The minimum Gasteiger partial charge on any atom is -0.454 e. The van der Waals surface area contributed by atoms with Gasteiger partial charge in [0, 0.05) is 5.92 Å². The summed E-state index contributed by atoms with van der Waals surface area (Å²) in [5.74, 6) is 0.475. The van der Waals surface area contributed by atoms with E-state index < -0.39 is 33.0 Å². The van der Waals surface area contributed by atoms with Gasteiger partial charge in [-0.1, -0.05) is 23.8 Å². The van der Waals surface area contributed by atoms with Crippen molar-refractivity contribution in [3.8, 4) is 17.6 Å². The van der Waals surface area contributed by atoms with Crippen molar-refractivity contribution in [2.45, 2.75) is 23.0 Å². The van der Waals surface area contributed by atoms with E-state index in [2.05, 4.69) is 6.07 Å². The average Bonchev–Trinajstić information content (AvgIpc) is 3.12. The Kier molecular flexibility index (Phi) is 3.72. The van der Waals surface area contributed by atoms with Crippen LogP contribution < -0.4 is 9.47 Å². The zero-order chi connectivity index (χ0) is 18.5. The molecule has 4 rings (SSSR count). The Morgan fingerprint density at radius 3 is 2.54 bits per heavy atom. The van der Waals surface area contributed by atoms with E-state index in [1.165, 1.54) is 0 Å². The molecule has 2 aromatic carbocycles. The van der Waals surface area contributed by atoms with Crippen molar-refractivity contribution >= 4 is 9.84 Å². The van der Waals surface area contributed by atoms with Crippen molar-refractivity contribution in [2.24, 2.45) is 5.41 Å². The topological polar surface area (TPSA) is 96.6 Å². The number of ether oxygens (including phenoxy) is 2. The molecule has 1 aliphatic carbocycles. The Labute approximate surface area is 151 Å². The molecule has 1 saturated carbocycles. The summed E-state index contributed by atoms with van der Waals surface area (Å²) in [6, 6.07) is 13.7. The van der Waals surface area contributed by atoms with Crippen molar-refractivity contribution in [2.75, 3.05) is 13.4 Å². The Morgan fingerprint density at radius 1 is 1.19 bits per heavy atom. The van der Waals surface area contributed by atoms with E-state index in [0.717, 1.165) is 5.56 Å². The van der Waals surface area contributed by atoms with E-state index in [0.29, 0.717) is 17.1 Å². The molecule has 0 radical (unpaired) electrons. The lowest BCUT2D eigenvalue weighted by Crippen LogP contribution is -2.18. The van der Waals surface area contributed by atoms with Crippen molar-refractivity contribution in [1.82, 2.24) is 0 Å². The fourth-order valence-electron chi connectivity index (χ4n) is 3.67. The van der Waals surface area contributed by atoms with Gasteiger partial charge >= 0.3 is 0 Å². The Morgan fingerprint density at radius 2 is 1.88 bits per heavy atom. The summed E-state index contributed by atoms with van der Waals surface area (Å²) in [7, 11) is -3.78. The fraction of sp³-hybridized carbons (Fsp3) is 0.316. The molecule has 26 heavy (non-hydrogen) atoms. The number of rotatable bonds is 4. The molecule has 0 unspecified atom stereocenters. The van der Waals surface area contributed by atoms with Crippen molar-refractivity contribution in [1.29, 1.82) is 5.26 Å². The first-order valence-electron chi connectivity index (χ1n) is 8.16. The van der Waals surface area contributed by atoms with E-state index in [1.54, 1.807) is 42.5 Å². The number of fused-ring (bicyclic) bond motifs is 1. The third kappa shape index (κ3) is 2.30. The molecule has 0 aromatic heterocycles. The molecule has 1 N–H and O–H groups in total. The number of nitriles is 1. The highest BCUT2D eigenvalue weighted by molar-refractivity contribution is 7.92. The first-order valence-corrected chi connectivity index (χ1v) is 9.71. The van der Waals surface area contributed by atoms with Gasteiger partial charge < -0.3 is 14.6 Å². The third-order valence-corrected chi connectivity index (χ3v) is 7.46. The molecule has 1 fully saturated rings. The second-order valence-electron chi connectivity index (χ2n) is 6.68. The maximum atomic E-state index is 13.1. The number of nitrogens with zero attached hydrogens (tertiary/aromatic N) is 1. The van der Waals surface area contributed by atoms with E-state index >= 15 is 0 Å². The van der Waals surface area contributed by atoms with Gasteiger partial charge in [0.25, 0.3) is 0 Å². The fourth-order valence-corrected chi connectivity index (χ4v) is 5.99. The second kappa shape index (κ2) is 5.73. The minimum atomic E-state index is -3.78. The van der Waals surface area contributed by atoms with Gasteiger partial charge in [0.15, 0.2) is 21.3 Å². The molecule has 6 nitrogen and oxygen atoms in total. The molecule has 1 heterocycles. The summed E-state index contributed by atoms with van der Waals surface area (Å²) in [6.45, 7) is 1.45. The lowest BCUT2D eigenvalue weighted by atomic mass is 10.0. The van der Waals surface area contributed by atoms with Crippen molar-refractivity contribution in [3.63, 3.8) is 0 Å². The Bertz CT molecular complexity index is 1010. The maximum Gasteiger partial charge on any atom is 0.231 e. The third-order valence-electron chi connectivity index (χ3n) is 5.17. The van der Waals surface area contributed by atoms with Gasteiger partial charge in [0.1, 0.15) is 5.41 Å². The lowest BCUT2D eigenvalue weighted by molar-refractivity contribution is 0.174. The lowest BCUT2D eigenvalue weighted by Gasteiger charge is -2.06. The standard InChI is InChI=1S/C19H17NO5S/c1-12-2-5-14(6-3-12)26(22,23)18-17(19(18,9-20)10-21)13-4-7-15-16(8-13)25-11-24-15/h2-8,17-18,21H,10-11H2,1H3/t17-,18+,19-/m1/s1. The molecule has 0 bridgehead atoms. The molecule has 0 spiro atoms. The van der Waals surface area contributed by atoms with Crippen molar-refractivity contribution in [3.05, 3.63) is 53.6 Å². The van der Waals surface area contributed by atoms with E-state index in [9.17, 15) is 18.8 Å². The second-order valence-corrected chi connectivity index (χ2v) is 8.75. The highest BCUT2D eigenvalue weighted by Gasteiger charge is 2.72. The number of hydrogen-bond donors (Lipinski definition) is 1. The monoisotopic (exact) mass is 371 g/mol. The van der Waals surface area contributed by atoms with Crippen LogP contribution in [-0.4, -0.2) is 32.2 Å². The maximum absolute atomic E-state index is 13.1. The minimum absolute atomic E-state index is 0.109. The zero-order valence-corrected chi connectivity index (χ0v) is 14.9. The highest BCUT2D eigenvalue weighted by Crippen LogP contribution is 2.64. The molecule has 0 amide bonds. The summed E-state index contributed by atoms with van der Waals surface area (Å²) in [5, 5.41) is 18.5. The number of aryl methyl sites for hydroxylation is 1. The van der Waals surface area contributed by atoms with Gasteiger partial charge in [-0.2, -0.15) is 5.26 Å². The summed E-state index contributed by atoms with van der Waals surface area (Å²) >= 11 is 0. The van der Waals surface area contributed by atoms with Crippen LogP contribution in [-0.2, 0) is 9.84 Å². The molecular weight excluding hydrogens is 354 g/mol. The number of aliphatic hydroxyl groups is 1. The summed E-state index contributed by atoms with van der Waals surface area (Å²) in [5.41, 5.74) is 0.226. The van der Waals surface area contributed by atoms with Crippen LogP contribution in [0, 0.1) is 23.7 Å². The largest absolute Gasteiger partial charge is 0.454 e. The number of benzene rings is 2. The van der Waals surface area contributed by atoms with Gasteiger partial charge in [0.2, 0.25) is 6.79 Å². The predicted octanol–water partition coefficient (Wildman–Crippen LogP) is 2.17. The molecule has 2 aromatic rings. The molecule has 1 aliphatic heterocycles. The van der Waals surface area contributed by atoms with Crippen LogP contribution >= 0.6 is 0 Å². The van der Waals surface area contributed by atoms with Crippen molar-refractivity contribution < 1.29 is 23.0 Å². The van der Waals surface area contributed by atoms with E-state index in [-0.39, 0.29) is 11.7 Å². The average molecular weight is 371 g/mol. The van der Waals surface area contributed by atoms with Crippen LogP contribution in [0.2, 0.25) is 0 Å². The smallest absolute Gasteiger partial charge is 0.231 e. The molecule has 3 atom stereocenters. The SMILES string of the molecule is Cc1ccc(S(=O)(=O)[C@H]2[C@@H](c3ccc4c(c3)OCO4)[C@@]2(C#N)CO)cc1. The quantitative estimate of drug-likeness (QED) is 0.885. The Balaban J connectivity index is 1.77. The van der Waals surface area contributed by atoms with Gasteiger partial charge in [-0.15, -0.1) is 0 Å². The number of sulfone groups is 1. The summed E-state index contributed by atoms with van der Waals surface area (Å²) in [6.07, 6.45) is 0. The van der Waals surface area contributed by atoms with Gasteiger partial charge in [0.05, 0.1) is 22.8 Å². The molecule has 0 saturated heterocycles. The summed E-state index contributed by atoms with van der Waals surface area (Å²) < 4.78 is 36.9. The zero-order valence-electron chi connectivity index (χ0n) is 14.0. The van der Waals surface area contributed by atoms with Gasteiger partial charge in [-0.3, -0.25) is 0 Å². The predicted molar refractivity (Wildman–Crippen MR) is 92.6 cm³/mol. The van der Waals surface area contributed by atoms with Crippen LogP contribution in [0.5, 0.6) is 11.5 Å². The molecule has 134 valence electrons. The van der Waals surface area contributed by atoms with Gasteiger partial charge in [-0.05, 0) is 36.8 Å². The van der Waals surface area contributed by atoms with E-state index in [1.807, 2.05) is 6.92 Å². The molecule has 2 aliphatic rings. The van der Waals surface area contributed by atoms with E-state index in [4.69, 9.17) is 9.47 Å². The van der Waals surface area contributed by atoms with Crippen LogP contribution in [0.25, 0.3) is 0 Å². The first kappa shape index (κ1) is 16.9. The Hall–Kier alpha value is -2.56. The van der Waals surface area contributed by atoms with Crippen LogP contribution in [0.3, 0.4) is 0 Å². The highest BCUT2D eigenvalue weighted by atomic mass is 32.2. The molecule has 7 heteroatoms. The first-order chi connectivity index (χ1) is 12.4. The number of hydrogen-bond acceptors (Lipinski definition) is 6. The number of aliphatic hydroxyl groups excluding tert-OH is 1. The van der Waals surface area contributed by atoms with Crippen LogP contribution in [0.4, 0.5) is 0 Å².